The molecule has 1 atom stereocenters. The fourth-order valence-corrected chi connectivity index (χ4v) is 5.97. The highest BCUT2D eigenvalue weighted by Gasteiger charge is 2.43. The normalized spacial score (nSPS) is 16.5. The third-order valence-electron chi connectivity index (χ3n) is 8.55. The van der Waals surface area contributed by atoms with Gasteiger partial charge in [0.25, 0.3) is 0 Å². The van der Waals surface area contributed by atoms with E-state index in [1.165, 1.54) is 18.2 Å². The number of aryl methyl sites for hydroxylation is 1. The van der Waals surface area contributed by atoms with Gasteiger partial charge >= 0.3 is 12.3 Å². The van der Waals surface area contributed by atoms with Crippen molar-refractivity contribution in [1.82, 2.24) is 15.1 Å². The van der Waals surface area contributed by atoms with Crippen LogP contribution in [0.2, 0.25) is 0 Å². The number of nitrogens with zero attached hydrogens (tertiary/aromatic N) is 2. The standard InChI is InChI=1S/C37H39F2N5O4/c1-23-5-13-28(14-6-23)44-33(22-32(43-44)36(2,3)4)42-35(46)41-27-11-9-25(10-12-27)34(26-17-19-40-20-18-26)29(45)15-7-24-8-16-30-31(21-24)48-37(38,39)47-30/h5-16,21-22,26,34,40H,17-20H2,1-4H3,(H2,41,42,46). The Bertz CT molecular complexity index is 1820. The first-order valence-electron chi connectivity index (χ1n) is 16.0. The van der Waals surface area contributed by atoms with Crippen LogP contribution in [-0.2, 0) is 10.2 Å². The first-order valence-corrected chi connectivity index (χ1v) is 16.0. The van der Waals surface area contributed by atoms with Crippen molar-refractivity contribution in [2.24, 2.45) is 5.92 Å². The highest BCUT2D eigenvalue weighted by Crippen LogP contribution is 2.41. The highest BCUT2D eigenvalue weighted by atomic mass is 19.3. The Hall–Kier alpha value is -5.03. The van der Waals surface area contributed by atoms with Crippen LogP contribution < -0.4 is 25.4 Å². The summed E-state index contributed by atoms with van der Waals surface area (Å²) in [6.45, 7) is 9.84. The fraction of sp³-hybridized carbons (Fsp3) is 0.324. The number of ketones is 1. The maximum Gasteiger partial charge on any atom is 0.586 e. The lowest BCUT2D eigenvalue weighted by Gasteiger charge is -2.29. The van der Waals surface area contributed by atoms with Crippen molar-refractivity contribution in [1.29, 1.82) is 0 Å². The van der Waals surface area contributed by atoms with Crippen molar-refractivity contribution in [2.75, 3.05) is 23.7 Å². The van der Waals surface area contributed by atoms with Crippen LogP contribution in [0.4, 0.5) is 25.1 Å². The number of urea groups is 1. The maximum atomic E-state index is 13.7. The Balaban J connectivity index is 1.17. The second kappa shape index (κ2) is 13.2. The Labute approximate surface area is 278 Å². The van der Waals surface area contributed by atoms with Gasteiger partial charge in [0.15, 0.2) is 17.3 Å². The molecule has 1 aromatic heterocycles. The number of piperidine rings is 1. The van der Waals surface area contributed by atoms with E-state index in [0.29, 0.717) is 17.1 Å². The zero-order valence-electron chi connectivity index (χ0n) is 27.3. The molecule has 48 heavy (non-hydrogen) atoms. The van der Waals surface area contributed by atoms with E-state index in [1.54, 1.807) is 29.0 Å². The van der Waals surface area contributed by atoms with Gasteiger partial charge in [0.05, 0.1) is 11.4 Å². The number of carbonyl (C=O) groups excluding carboxylic acids is 2. The number of hydrogen-bond donors (Lipinski definition) is 3. The quantitative estimate of drug-likeness (QED) is 0.167. The van der Waals surface area contributed by atoms with Crippen molar-refractivity contribution in [3.63, 3.8) is 0 Å². The number of nitrogens with one attached hydrogen (secondary N) is 3. The SMILES string of the molecule is Cc1ccc(-n2nc(C(C)(C)C)cc2NC(=O)Nc2ccc(C(C(=O)C=Cc3ccc4c(c3)OC(F)(F)O4)C3CCNCC3)cc2)cc1. The lowest BCUT2D eigenvalue weighted by atomic mass is 9.77. The number of carbonyl (C=O) groups is 2. The van der Waals surface area contributed by atoms with Gasteiger partial charge in [-0.3, -0.25) is 10.1 Å². The number of hydrogen-bond acceptors (Lipinski definition) is 6. The van der Waals surface area contributed by atoms with Crippen LogP contribution >= 0.6 is 0 Å². The summed E-state index contributed by atoms with van der Waals surface area (Å²) in [5.41, 5.74) is 4.51. The first kappa shape index (κ1) is 32.9. The van der Waals surface area contributed by atoms with Gasteiger partial charge in [0.1, 0.15) is 5.82 Å². The molecule has 4 aromatic rings. The molecule has 3 aromatic carbocycles. The van der Waals surface area contributed by atoms with Crippen molar-refractivity contribution in [2.45, 2.75) is 58.2 Å². The third kappa shape index (κ3) is 7.57. The van der Waals surface area contributed by atoms with E-state index < -0.39 is 18.2 Å². The topological polar surface area (TPSA) is 107 Å². The lowest BCUT2D eigenvalue weighted by molar-refractivity contribution is -0.286. The number of ether oxygens (including phenoxy) is 2. The van der Waals surface area contributed by atoms with Crippen molar-refractivity contribution >= 4 is 29.4 Å². The van der Waals surface area contributed by atoms with Crippen LogP contribution in [0.15, 0.2) is 78.9 Å². The number of alkyl halides is 2. The molecule has 9 nitrogen and oxygen atoms in total. The number of allylic oxidation sites excluding steroid dienone is 1. The monoisotopic (exact) mass is 655 g/mol. The molecule has 1 fully saturated rings. The summed E-state index contributed by atoms with van der Waals surface area (Å²) in [4.78, 5) is 26.9. The molecule has 0 spiro atoms. The van der Waals surface area contributed by atoms with E-state index >= 15 is 0 Å². The van der Waals surface area contributed by atoms with Crippen LogP contribution in [0.25, 0.3) is 11.8 Å². The molecule has 0 saturated carbocycles. The Morgan fingerprint density at radius 3 is 2.33 bits per heavy atom. The van der Waals surface area contributed by atoms with Gasteiger partial charge in [0.2, 0.25) is 0 Å². The van der Waals surface area contributed by atoms with Crippen molar-refractivity contribution in [3.8, 4) is 17.2 Å². The second-order valence-corrected chi connectivity index (χ2v) is 13.3. The summed E-state index contributed by atoms with van der Waals surface area (Å²) in [5.74, 6) is 0.0138. The number of halogens is 2. The van der Waals surface area contributed by atoms with Gasteiger partial charge in [-0.15, -0.1) is 8.78 Å². The van der Waals surface area contributed by atoms with Gasteiger partial charge in [-0.05, 0) is 92.4 Å². The number of anilines is 2. The number of amides is 2. The van der Waals surface area contributed by atoms with Gasteiger partial charge in [-0.25, -0.2) is 9.48 Å². The summed E-state index contributed by atoms with van der Waals surface area (Å²) in [5, 5.41) is 14.0. The molecule has 0 radical (unpaired) electrons. The molecular formula is C37H39F2N5O4. The molecular weight excluding hydrogens is 616 g/mol. The molecule has 2 amide bonds. The van der Waals surface area contributed by atoms with Crippen LogP contribution in [0.5, 0.6) is 11.5 Å². The van der Waals surface area contributed by atoms with Gasteiger partial charge in [-0.1, -0.05) is 62.7 Å². The highest BCUT2D eigenvalue weighted by molar-refractivity contribution is 6.00. The van der Waals surface area contributed by atoms with E-state index in [0.717, 1.165) is 48.4 Å². The average Bonchev–Trinajstić information content (AvgIpc) is 3.61. The Kier molecular flexibility index (Phi) is 9.07. The number of benzene rings is 3. The van der Waals surface area contributed by atoms with Gasteiger partial charge in [0, 0.05) is 23.1 Å². The van der Waals surface area contributed by atoms with Gasteiger partial charge < -0.3 is 20.1 Å². The van der Waals surface area contributed by atoms with Gasteiger partial charge in [-0.2, -0.15) is 5.10 Å². The molecule has 0 bridgehead atoms. The second-order valence-electron chi connectivity index (χ2n) is 13.3. The van der Waals surface area contributed by atoms with Crippen LogP contribution in [0.1, 0.15) is 61.9 Å². The van der Waals surface area contributed by atoms with Crippen LogP contribution in [0.3, 0.4) is 0 Å². The molecule has 0 aliphatic carbocycles. The average molecular weight is 656 g/mol. The first-order chi connectivity index (χ1) is 22.8. The predicted octanol–water partition coefficient (Wildman–Crippen LogP) is 7.81. The van der Waals surface area contributed by atoms with E-state index in [2.05, 4.69) is 46.2 Å². The number of aromatic nitrogens is 2. The molecule has 2 aliphatic rings. The largest absolute Gasteiger partial charge is 0.586 e. The van der Waals surface area contributed by atoms with Crippen molar-refractivity contribution in [3.05, 3.63) is 101 Å². The van der Waals surface area contributed by atoms with Crippen LogP contribution in [-0.4, -0.2) is 41.0 Å². The molecule has 3 heterocycles. The van der Waals surface area contributed by atoms with E-state index in [4.69, 9.17) is 5.10 Å². The van der Waals surface area contributed by atoms with E-state index in [9.17, 15) is 18.4 Å². The minimum atomic E-state index is -3.71. The molecule has 2 aliphatic heterocycles. The molecule has 6 rings (SSSR count). The molecule has 11 heteroatoms. The van der Waals surface area contributed by atoms with E-state index in [1.807, 2.05) is 49.4 Å². The number of fused-ring (bicyclic) bond motifs is 1. The minimum Gasteiger partial charge on any atom is -0.395 e. The summed E-state index contributed by atoms with van der Waals surface area (Å²) in [7, 11) is 0. The summed E-state index contributed by atoms with van der Waals surface area (Å²) in [6, 6.07) is 21.1. The Morgan fingerprint density at radius 2 is 1.65 bits per heavy atom. The fourth-order valence-electron chi connectivity index (χ4n) is 5.97. The van der Waals surface area contributed by atoms with Crippen LogP contribution in [0, 0.1) is 12.8 Å². The smallest absolute Gasteiger partial charge is 0.395 e. The third-order valence-corrected chi connectivity index (χ3v) is 8.55. The zero-order chi connectivity index (χ0) is 34.1. The summed E-state index contributed by atoms with van der Waals surface area (Å²) >= 11 is 0. The predicted molar refractivity (Wildman–Crippen MR) is 181 cm³/mol. The summed E-state index contributed by atoms with van der Waals surface area (Å²) in [6.07, 6.45) is 1.05. The maximum absolute atomic E-state index is 13.7. The van der Waals surface area contributed by atoms with E-state index in [-0.39, 0.29) is 28.6 Å². The number of rotatable bonds is 8. The minimum absolute atomic E-state index is 0.0509. The van der Waals surface area contributed by atoms with Crippen molar-refractivity contribution < 1.29 is 27.8 Å². The lowest BCUT2D eigenvalue weighted by Crippen LogP contribution is -2.33. The summed E-state index contributed by atoms with van der Waals surface area (Å²) < 4.78 is 37.7. The molecule has 1 unspecified atom stereocenters. The molecule has 3 N–H and O–H groups in total. The Morgan fingerprint density at radius 1 is 0.958 bits per heavy atom. The molecule has 1 saturated heterocycles. The molecule has 250 valence electrons. The zero-order valence-corrected chi connectivity index (χ0v) is 27.3.